The highest BCUT2D eigenvalue weighted by atomic mass is 19.4. The lowest BCUT2D eigenvalue weighted by Gasteiger charge is -2.35. The van der Waals surface area contributed by atoms with E-state index in [0.29, 0.717) is 6.54 Å². The molecule has 7 heteroatoms. The number of rotatable bonds is 3. The predicted octanol–water partition coefficient (Wildman–Crippen LogP) is 5.22. The molecule has 0 amide bonds. The molecule has 0 atom stereocenters. The van der Waals surface area contributed by atoms with E-state index in [-0.39, 0.29) is 12.7 Å². The molecule has 0 radical (unpaired) electrons. The lowest BCUT2D eigenvalue weighted by molar-refractivity contribution is -0.274. The minimum absolute atomic E-state index is 0.231. The van der Waals surface area contributed by atoms with Crippen LogP contribution in [0.5, 0.6) is 5.75 Å². The molecule has 0 bridgehead atoms. The molecule has 3 aromatic rings. The van der Waals surface area contributed by atoms with Crippen LogP contribution in [0.15, 0.2) is 60.7 Å². The van der Waals surface area contributed by atoms with E-state index in [1.807, 2.05) is 24.3 Å². The fraction of sp³-hybridized carbons (Fsp3) is 0.143. The Morgan fingerprint density at radius 1 is 1.04 bits per heavy atom. The molecule has 4 rings (SSSR count). The van der Waals surface area contributed by atoms with Crippen molar-refractivity contribution in [3.8, 4) is 17.5 Å². The van der Waals surface area contributed by atoms with Crippen molar-refractivity contribution in [1.82, 2.24) is 0 Å². The Bertz CT molecular complexity index is 1070. The number of hydrogen-bond acceptors (Lipinski definition) is 3. The van der Waals surface area contributed by atoms with Gasteiger partial charge in [-0.2, -0.15) is 0 Å². The number of alkyl halides is 3. The topological polar surface area (TPSA) is 24.5 Å². The molecule has 1 aliphatic rings. The SMILES string of the molecule is CC#CB1Nc2cccc3cccc(c23)N1Cc1ccc(OC(F)(F)F)cc1. The quantitative estimate of drug-likeness (QED) is 0.498. The zero-order valence-electron chi connectivity index (χ0n) is 15.0. The standard InChI is InChI=1S/C21H16BF3N2O/c1-2-13-22-26-18-7-3-5-16-6-4-8-19(20(16)18)27(22)14-15-9-11-17(12-10-15)28-21(23,24)25/h3-12,26H,14H2,1H3. The third-order valence-corrected chi connectivity index (χ3v) is 4.59. The lowest BCUT2D eigenvalue weighted by Crippen LogP contribution is -2.47. The molecule has 140 valence electrons. The van der Waals surface area contributed by atoms with Crippen molar-refractivity contribution in [3.63, 3.8) is 0 Å². The number of nitrogens with zero attached hydrogens (tertiary/aromatic N) is 1. The normalized spacial score (nSPS) is 13.0. The second-order valence-corrected chi connectivity index (χ2v) is 6.44. The second-order valence-electron chi connectivity index (χ2n) is 6.44. The van der Waals surface area contributed by atoms with Gasteiger partial charge in [-0.25, -0.2) is 0 Å². The summed E-state index contributed by atoms with van der Waals surface area (Å²) in [5, 5.41) is 5.68. The van der Waals surface area contributed by atoms with Crippen molar-refractivity contribution >= 4 is 29.1 Å². The summed E-state index contributed by atoms with van der Waals surface area (Å²) < 4.78 is 41.0. The molecule has 3 nitrogen and oxygen atoms in total. The van der Waals surface area contributed by atoms with Crippen LogP contribution in [0, 0.1) is 11.7 Å². The van der Waals surface area contributed by atoms with Gasteiger partial charge in [0.1, 0.15) is 5.75 Å². The second kappa shape index (κ2) is 7.04. The number of halogens is 3. The Kier molecular flexibility index (Phi) is 4.56. The van der Waals surface area contributed by atoms with Gasteiger partial charge in [-0.05, 0) is 42.1 Å². The van der Waals surface area contributed by atoms with Crippen LogP contribution < -0.4 is 14.8 Å². The summed E-state index contributed by atoms with van der Waals surface area (Å²) in [6, 6.07) is 18.1. The number of nitrogens with one attached hydrogen (secondary N) is 1. The lowest BCUT2D eigenvalue weighted by atomic mass is 9.71. The van der Waals surface area contributed by atoms with Crippen LogP contribution in [-0.2, 0) is 6.54 Å². The van der Waals surface area contributed by atoms with Gasteiger partial charge in [-0.15, -0.1) is 19.1 Å². The van der Waals surface area contributed by atoms with E-state index in [0.717, 1.165) is 27.7 Å². The van der Waals surface area contributed by atoms with Gasteiger partial charge >= 0.3 is 13.3 Å². The first-order valence-electron chi connectivity index (χ1n) is 8.76. The van der Waals surface area contributed by atoms with E-state index >= 15 is 0 Å². The first kappa shape index (κ1) is 18.1. The van der Waals surface area contributed by atoms with Gasteiger partial charge in [0, 0.05) is 23.3 Å². The summed E-state index contributed by atoms with van der Waals surface area (Å²) in [7, 11) is 0. The van der Waals surface area contributed by atoms with Crippen LogP contribution in [0.2, 0.25) is 0 Å². The maximum Gasteiger partial charge on any atom is 0.573 e. The molecule has 1 heterocycles. The van der Waals surface area contributed by atoms with E-state index in [9.17, 15) is 13.2 Å². The van der Waals surface area contributed by atoms with E-state index in [1.54, 1.807) is 19.1 Å². The molecular weight excluding hydrogens is 364 g/mol. The monoisotopic (exact) mass is 380 g/mol. The van der Waals surface area contributed by atoms with Gasteiger partial charge in [0.05, 0.1) is 0 Å². The molecule has 1 aliphatic heterocycles. The highest BCUT2D eigenvalue weighted by Gasteiger charge is 2.32. The number of hydrogen-bond donors (Lipinski definition) is 1. The van der Waals surface area contributed by atoms with Gasteiger partial charge in [0.25, 0.3) is 0 Å². The molecule has 0 spiro atoms. The number of ether oxygens (including phenoxy) is 1. The van der Waals surface area contributed by atoms with Crippen LogP contribution in [0.1, 0.15) is 12.5 Å². The Balaban J connectivity index is 1.69. The maximum atomic E-state index is 12.4. The Hall–Kier alpha value is -3.27. The van der Waals surface area contributed by atoms with E-state index in [4.69, 9.17) is 0 Å². The first-order chi connectivity index (χ1) is 13.4. The van der Waals surface area contributed by atoms with Crippen LogP contribution in [0.3, 0.4) is 0 Å². The van der Waals surface area contributed by atoms with Gasteiger partial charge in [0.15, 0.2) is 0 Å². The smallest absolute Gasteiger partial charge is 0.406 e. The molecule has 1 N–H and O–H groups in total. The van der Waals surface area contributed by atoms with Crippen LogP contribution >= 0.6 is 0 Å². The van der Waals surface area contributed by atoms with Crippen LogP contribution in [0.4, 0.5) is 24.5 Å². The van der Waals surface area contributed by atoms with E-state index in [2.05, 4.69) is 38.6 Å². The van der Waals surface area contributed by atoms with E-state index in [1.165, 1.54) is 12.1 Å². The van der Waals surface area contributed by atoms with Crippen LogP contribution in [-0.4, -0.2) is 13.3 Å². The third kappa shape index (κ3) is 3.58. The molecule has 0 aromatic heterocycles. The van der Waals surface area contributed by atoms with Crippen molar-refractivity contribution in [2.24, 2.45) is 0 Å². The highest BCUT2D eigenvalue weighted by Crippen LogP contribution is 2.38. The predicted molar refractivity (Wildman–Crippen MR) is 106 cm³/mol. The largest absolute Gasteiger partial charge is 0.573 e. The summed E-state index contributed by atoms with van der Waals surface area (Å²) in [6.07, 6.45) is -4.69. The van der Waals surface area contributed by atoms with Crippen molar-refractivity contribution in [1.29, 1.82) is 0 Å². The Morgan fingerprint density at radius 3 is 2.43 bits per heavy atom. The van der Waals surface area contributed by atoms with Crippen molar-refractivity contribution < 1.29 is 17.9 Å². The summed E-state index contributed by atoms with van der Waals surface area (Å²) in [5.74, 6) is 5.89. The third-order valence-electron chi connectivity index (χ3n) is 4.59. The van der Waals surface area contributed by atoms with Crippen molar-refractivity contribution in [3.05, 3.63) is 66.2 Å². The first-order valence-corrected chi connectivity index (χ1v) is 8.76. The average molecular weight is 380 g/mol. The average Bonchev–Trinajstić information content (AvgIpc) is 2.65. The summed E-state index contributed by atoms with van der Waals surface area (Å²) in [5.41, 5.74) is 2.91. The fourth-order valence-electron chi connectivity index (χ4n) is 3.47. The number of anilines is 2. The minimum Gasteiger partial charge on any atom is -0.406 e. The molecule has 0 aliphatic carbocycles. The van der Waals surface area contributed by atoms with Crippen molar-refractivity contribution in [2.75, 3.05) is 10.0 Å². The molecule has 0 unspecified atom stereocenters. The van der Waals surface area contributed by atoms with Crippen molar-refractivity contribution in [2.45, 2.75) is 19.8 Å². The molecule has 3 aromatic carbocycles. The molecule has 0 fully saturated rings. The fourth-order valence-corrected chi connectivity index (χ4v) is 3.47. The summed E-state index contributed by atoms with van der Waals surface area (Å²) in [6.45, 7) is 2.03. The van der Waals surface area contributed by atoms with Gasteiger partial charge < -0.3 is 14.8 Å². The molecular formula is C21H16BF3N2O. The highest BCUT2D eigenvalue weighted by molar-refractivity contribution is 6.75. The maximum absolute atomic E-state index is 12.4. The Labute approximate surface area is 161 Å². The van der Waals surface area contributed by atoms with E-state index < -0.39 is 6.36 Å². The minimum atomic E-state index is -4.69. The summed E-state index contributed by atoms with van der Waals surface area (Å²) in [4.78, 5) is 2.12. The Morgan fingerprint density at radius 2 is 1.75 bits per heavy atom. The van der Waals surface area contributed by atoms with Crippen LogP contribution in [0.25, 0.3) is 10.8 Å². The summed E-state index contributed by atoms with van der Waals surface area (Å²) >= 11 is 0. The van der Waals surface area contributed by atoms with Gasteiger partial charge in [-0.3, -0.25) is 0 Å². The molecule has 0 saturated carbocycles. The zero-order valence-corrected chi connectivity index (χ0v) is 15.0. The molecule has 28 heavy (non-hydrogen) atoms. The van der Waals surface area contributed by atoms with Gasteiger partial charge in [0.2, 0.25) is 0 Å². The molecule has 0 saturated heterocycles. The van der Waals surface area contributed by atoms with Gasteiger partial charge in [-0.1, -0.05) is 42.2 Å². The zero-order chi connectivity index (χ0) is 19.7. The number of benzene rings is 3.